The standard InChI is InChI=1S/C8H10O4/c1-5(8(10)11)7(9)6-3-2-4-12-6/h2-5,7,9H,1H3,(H,10,11)/t5-,7+/m1/s1. The van der Waals surface area contributed by atoms with Crippen molar-refractivity contribution in [3.63, 3.8) is 0 Å². The highest BCUT2D eigenvalue weighted by Crippen LogP contribution is 2.21. The van der Waals surface area contributed by atoms with Crippen molar-refractivity contribution < 1.29 is 19.4 Å². The smallest absolute Gasteiger partial charge is 0.309 e. The number of aliphatic hydroxyl groups excluding tert-OH is 1. The van der Waals surface area contributed by atoms with E-state index >= 15 is 0 Å². The minimum Gasteiger partial charge on any atom is -0.481 e. The van der Waals surface area contributed by atoms with E-state index in [1.807, 2.05) is 0 Å². The monoisotopic (exact) mass is 170 g/mol. The SMILES string of the molecule is C[C@@H](C(=O)O)[C@H](O)c1ccco1. The Kier molecular flexibility index (Phi) is 2.50. The third-order valence-corrected chi connectivity index (χ3v) is 1.70. The quantitative estimate of drug-likeness (QED) is 0.710. The maximum atomic E-state index is 10.4. The highest BCUT2D eigenvalue weighted by atomic mass is 16.4. The molecule has 0 aromatic carbocycles. The second-order valence-electron chi connectivity index (χ2n) is 2.59. The normalized spacial score (nSPS) is 15.5. The first kappa shape index (κ1) is 8.80. The zero-order valence-electron chi connectivity index (χ0n) is 6.60. The Labute approximate surface area is 69.4 Å². The Bertz CT molecular complexity index is 252. The molecule has 0 spiro atoms. The molecule has 66 valence electrons. The lowest BCUT2D eigenvalue weighted by molar-refractivity contribution is -0.145. The Morgan fingerprint density at radius 3 is 2.75 bits per heavy atom. The van der Waals surface area contributed by atoms with E-state index in [2.05, 4.69) is 0 Å². The number of furan rings is 1. The summed E-state index contributed by atoms with van der Waals surface area (Å²) >= 11 is 0. The van der Waals surface area contributed by atoms with Gasteiger partial charge in [-0.2, -0.15) is 0 Å². The summed E-state index contributed by atoms with van der Waals surface area (Å²) in [5, 5.41) is 17.9. The molecule has 0 saturated heterocycles. The molecule has 4 nitrogen and oxygen atoms in total. The van der Waals surface area contributed by atoms with Crippen LogP contribution in [0.1, 0.15) is 18.8 Å². The molecule has 1 aromatic rings. The molecule has 1 rings (SSSR count). The lowest BCUT2D eigenvalue weighted by Gasteiger charge is -2.11. The van der Waals surface area contributed by atoms with Gasteiger partial charge in [-0.1, -0.05) is 0 Å². The molecule has 0 aliphatic carbocycles. The van der Waals surface area contributed by atoms with Crippen LogP contribution >= 0.6 is 0 Å². The number of hydrogen-bond acceptors (Lipinski definition) is 3. The Morgan fingerprint density at radius 2 is 2.33 bits per heavy atom. The molecule has 0 amide bonds. The van der Waals surface area contributed by atoms with Crippen molar-refractivity contribution >= 4 is 5.97 Å². The second kappa shape index (κ2) is 3.40. The second-order valence-corrected chi connectivity index (χ2v) is 2.59. The van der Waals surface area contributed by atoms with Crippen LogP contribution in [0.5, 0.6) is 0 Å². The van der Waals surface area contributed by atoms with Crippen LogP contribution in [0.15, 0.2) is 22.8 Å². The molecule has 4 heteroatoms. The molecule has 1 aromatic heterocycles. The van der Waals surface area contributed by atoms with Crippen LogP contribution in [-0.4, -0.2) is 16.2 Å². The minimum absolute atomic E-state index is 0.282. The predicted molar refractivity (Wildman–Crippen MR) is 40.5 cm³/mol. The Balaban J connectivity index is 2.71. The molecule has 2 N–H and O–H groups in total. The van der Waals surface area contributed by atoms with Crippen LogP contribution < -0.4 is 0 Å². The fraction of sp³-hybridized carbons (Fsp3) is 0.375. The van der Waals surface area contributed by atoms with Gasteiger partial charge in [0.2, 0.25) is 0 Å². The summed E-state index contributed by atoms with van der Waals surface area (Å²) in [6.07, 6.45) is 0.324. The third-order valence-electron chi connectivity index (χ3n) is 1.70. The van der Waals surface area contributed by atoms with Crippen molar-refractivity contribution in [1.29, 1.82) is 0 Å². The number of carboxylic acid groups (broad SMARTS) is 1. The van der Waals surface area contributed by atoms with Gasteiger partial charge < -0.3 is 14.6 Å². The highest BCUT2D eigenvalue weighted by Gasteiger charge is 2.24. The van der Waals surface area contributed by atoms with Crippen molar-refractivity contribution in [2.45, 2.75) is 13.0 Å². The fourth-order valence-electron chi connectivity index (χ4n) is 0.841. The van der Waals surface area contributed by atoms with E-state index in [-0.39, 0.29) is 5.76 Å². The van der Waals surface area contributed by atoms with Gasteiger partial charge in [0.1, 0.15) is 11.9 Å². The molecule has 0 aliphatic rings. The molecule has 0 radical (unpaired) electrons. The number of aliphatic carboxylic acids is 1. The van der Waals surface area contributed by atoms with E-state index in [1.165, 1.54) is 13.2 Å². The molecule has 0 aliphatic heterocycles. The van der Waals surface area contributed by atoms with Gasteiger partial charge in [-0.3, -0.25) is 4.79 Å². The van der Waals surface area contributed by atoms with E-state index < -0.39 is 18.0 Å². The van der Waals surface area contributed by atoms with E-state index in [4.69, 9.17) is 9.52 Å². The molecule has 2 atom stereocenters. The molecule has 0 bridgehead atoms. The summed E-state index contributed by atoms with van der Waals surface area (Å²) in [6, 6.07) is 3.15. The zero-order valence-corrected chi connectivity index (χ0v) is 6.60. The minimum atomic E-state index is -1.07. The Morgan fingerprint density at radius 1 is 1.67 bits per heavy atom. The maximum absolute atomic E-state index is 10.4. The summed E-state index contributed by atoms with van der Waals surface area (Å²) in [5.41, 5.74) is 0. The average molecular weight is 170 g/mol. The summed E-state index contributed by atoms with van der Waals surface area (Å²) in [7, 11) is 0. The van der Waals surface area contributed by atoms with Crippen molar-refractivity contribution in [2.24, 2.45) is 5.92 Å². The van der Waals surface area contributed by atoms with Gasteiger partial charge in [-0.15, -0.1) is 0 Å². The van der Waals surface area contributed by atoms with E-state index in [1.54, 1.807) is 12.1 Å². The number of carboxylic acids is 1. The van der Waals surface area contributed by atoms with Crippen molar-refractivity contribution in [2.75, 3.05) is 0 Å². The van der Waals surface area contributed by atoms with Gasteiger partial charge in [0.15, 0.2) is 0 Å². The van der Waals surface area contributed by atoms with Crippen molar-refractivity contribution in [3.8, 4) is 0 Å². The van der Waals surface area contributed by atoms with E-state index in [0.29, 0.717) is 0 Å². The zero-order chi connectivity index (χ0) is 9.14. The Hall–Kier alpha value is -1.29. The van der Waals surface area contributed by atoms with Crippen LogP contribution in [0.25, 0.3) is 0 Å². The average Bonchev–Trinajstić information content (AvgIpc) is 2.53. The van der Waals surface area contributed by atoms with Crippen LogP contribution in [-0.2, 0) is 4.79 Å². The summed E-state index contributed by atoms with van der Waals surface area (Å²) in [6.45, 7) is 1.43. The number of rotatable bonds is 3. The predicted octanol–water partition coefficient (Wildman–Crippen LogP) is 1.03. The highest BCUT2D eigenvalue weighted by molar-refractivity contribution is 5.70. The molecule has 0 fully saturated rings. The van der Waals surface area contributed by atoms with E-state index in [9.17, 15) is 9.90 Å². The lowest BCUT2D eigenvalue weighted by Crippen LogP contribution is -2.18. The van der Waals surface area contributed by atoms with Crippen LogP contribution in [0, 0.1) is 5.92 Å². The maximum Gasteiger partial charge on any atom is 0.309 e. The number of hydrogen-bond donors (Lipinski definition) is 2. The third kappa shape index (κ3) is 1.65. The van der Waals surface area contributed by atoms with Gasteiger partial charge in [0.05, 0.1) is 12.2 Å². The van der Waals surface area contributed by atoms with Gasteiger partial charge in [-0.25, -0.2) is 0 Å². The van der Waals surface area contributed by atoms with Gasteiger partial charge in [0.25, 0.3) is 0 Å². The summed E-state index contributed by atoms with van der Waals surface area (Å²) in [5.74, 6) is -1.61. The van der Waals surface area contributed by atoms with E-state index in [0.717, 1.165) is 0 Å². The largest absolute Gasteiger partial charge is 0.481 e. The summed E-state index contributed by atoms with van der Waals surface area (Å²) in [4.78, 5) is 10.4. The van der Waals surface area contributed by atoms with Crippen molar-refractivity contribution in [3.05, 3.63) is 24.2 Å². The number of carbonyl (C=O) groups is 1. The molecule has 1 heterocycles. The van der Waals surface area contributed by atoms with Crippen LogP contribution in [0.2, 0.25) is 0 Å². The van der Waals surface area contributed by atoms with Crippen LogP contribution in [0.3, 0.4) is 0 Å². The first-order valence-electron chi connectivity index (χ1n) is 3.57. The summed E-state index contributed by atoms with van der Waals surface area (Å²) < 4.78 is 4.85. The van der Waals surface area contributed by atoms with Gasteiger partial charge in [-0.05, 0) is 19.1 Å². The molecule has 0 saturated carbocycles. The molecule has 12 heavy (non-hydrogen) atoms. The number of aliphatic hydroxyl groups is 1. The van der Waals surface area contributed by atoms with Crippen molar-refractivity contribution in [1.82, 2.24) is 0 Å². The topological polar surface area (TPSA) is 70.7 Å². The first-order valence-corrected chi connectivity index (χ1v) is 3.57. The van der Waals surface area contributed by atoms with Gasteiger partial charge in [0, 0.05) is 0 Å². The van der Waals surface area contributed by atoms with Crippen LogP contribution in [0.4, 0.5) is 0 Å². The first-order chi connectivity index (χ1) is 5.63. The van der Waals surface area contributed by atoms with Gasteiger partial charge >= 0.3 is 5.97 Å². The molecular weight excluding hydrogens is 160 g/mol. The molecule has 0 unspecified atom stereocenters. The fourth-order valence-corrected chi connectivity index (χ4v) is 0.841. The molecular formula is C8H10O4. The lowest BCUT2D eigenvalue weighted by atomic mass is 10.0.